The van der Waals surface area contributed by atoms with Gasteiger partial charge in [-0.3, -0.25) is 9.36 Å². The number of hydrogen-bond acceptors (Lipinski definition) is 8. The quantitative estimate of drug-likeness (QED) is 0.245. The molecule has 0 saturated heterocycles. The van der Waals surface area contributed by atoms with Gasteiger partial charge in [-0.2, -0.15) is 0 Å². The number of hydrogen-bond donors (Lipinski definition) is 0. The SMILES string of the molecule is CCOC(=O)COc1c(I)cc(I)cc1/C=c1\sc2n(c1=O)[C@H](c1ccccc1Cl)C(C(=O)OCC)=C(C)N=2. The smallest absolute Gasteiger partial charge is 0.344 e. The normalized spacial score (nSPS) is 15.0. The first-order chi connectivity index (χ1) is 18.7. The van der Waals surface area contributed by atoms with Crippen LogP contribution in [0.15, 0.2) is 57.5 Å². The highest BCUT2D eigenvalue weighted by atomic mass is 127. The first-order valence-corrected chi connectivity index (χ1v) is 15.2. The maximum absolute atomic E-state index is 13.9. The molecule has 39 heavy (non-hydrogen) atoms. The standard InChI is InChI=1S/C27H23ClI2N2O6S/c1-4-36-21(33)13-38-24-15(10-16(29)12-19(24)30)11-20-25(34)32-23(17-8-6-7-9-18(17)28)22(26(35)37-5-2)14(3)31-27(32)39-20/h6-12,23H,4-5,13H2,1-3H3/b20-11-/t23-/m1/s1. The Balaban J connectivity index is 1.91. The Bertz CT molecular complexity index is 1660. The van der Waals surface area contributed by atoms with E-state index in [0.29, 0.717) is 36.9 Å². The molecule has 0 radical (unpaired) electrons. The van der Waals surface area contributed by atoms with Crippen molar-refractivity contribution in [2.24, 2.45) is 4.99 Å². The van der Waals surface area contributed by atoms with Gasteiger partial charge in [0.15, 0.2) is 11.4 Å². The number of fused-ring (bicyclic) bond motifs is 1. The van der Waals surface area contributed by atoms with Crippen LogP contribution in [-0.2, 0) is 19.1 Å². The van der Waals surface area contributed by atoms with Crippen molar-refractivity contribution in [1.29, 1.82) is 0 Å². The van der Waals surface area contributed by atoms with Crippen molar-refractivity contribution >= 4 is 86.1 Å². The van der Waals surface area contributed by atoms with Crippen molar-refractivity contribution < 1.29 is 23.8 Å². The van der Waals surface area contributed by atoms with Gasteiger partial charge in [-0.05, 0) is 95.8 Å². The average Bonchev–Trinajstić information content (AvgIpc) is 3.17. The van der Waals surface area contributed by atoms with E-state index in [1.807, 2.05) is 12.1 Å². The van der Waals surface area contributed by atoms with Crippen LogP contribution >= 0.6 is 68.1 Å². The van der Waals surface area contributed by atoms with Gasteiger partial charge in [0.2, 0.25) is 0 Å². The molecule has 204 valence electrons. The first kappa shape index (κ1) is 29.7. The van der Waals surface area contributed by atoms with Gasteiger partial charge in [-0.25, -0.2) is 14.6 Å². The molecule has 0 amide bonds. The predicted molar refractivity (Wildman–Crippen MR) is 166 cm³/mol. The molecular formula is C27H23ClI2N2O6S. The number of carbonyl (C=O) groups is 2. The van der Waals surface area contributed by atoms with Crippen molar-refractivity contribution in [3.05, 3.63) is 90.6 Å². The minimum atomic E-state index is -0.813. The van der Waals surface area contributed by atoms with Gasteiger partial charge in [0.1, 0.15) is 11.8 Å². The van der Waals surface area contributed by atoms with E-state index < -0.39 is 18.0 Å². The highest BCUT2D eigenvalue weighted by molar-refractivity contribution is 14.1. The van der Waals surface area contributed by atoms with E-state index in [2.05, 4.69) is 50.2 Å². The number of halogens is 3. The summed E-state index contributed by atoms with van der Waals surface area (Å²) in [6.45, 7) is 5.33. The van der Waals surface area contributed by atoms with E-state index in [0.717, 1.165) is 7.14 Å². The zero-order valence-corrected chi connectivity index (χ0v) is 27.0. The van der Waals surface area contributed by atoms with Crippen LogP contribution in [0.2, 0.25) is 5.02 Å². The Kier molecular flexibility index (Phi) is 9.88. The number of rotatable bonds is 8. The Morgan fingerprint density at radius 1 is 1.15 bits per heavy atom. The summed E-state index contributed by atoms with van der Waals surface area (Å²) in [6.07, 6.45) is 1.71. The lowest BCUT2D eigenvalue weighted by molar-refractivity contribution is -0.145. The van der Waals surface area contributed by atoms with Crippen molar-refractivity contribution in [1.82, 2.24) is 4.57 Å². The van der Waals surface area contributed by atoms with Crippen LogP contribution in [0.4, 0.5) is 0 Å². The molecule has 0 spiro atoms. The monoisotopic (exact) mass is 792 g/mol. The van der Waals surface area contributed by atoms with Gasteiger partial charge >= 0.3 is 11.9 Å². The van der Waals surface area contributed by atoms with E-state index in [4.69, 9.17) is 25.8 Å². The summed E-state index contributed by atoms with van der Waals surface area (Å²) in [4.78, 5) is 43.9. The predicted octanol–water partition coefficient (Wildman–Crippen LogP) is 4.60. The van der Waals surface area contributed by atoms with Crippen LogP contribution in [0.1, 0.15) is 37.9 Å². The van der Waals surface area contributed by atoms with E-state index in [1.54, 1.807) is 51.1 Å². The number of ether oxygens (including phenoxy) is 3. The third-order valence-corrected chi connectivity index (χ3v) is 8.43. The number of benzene rings is 2. The largest absolute Gasteiger partial charge is 0.480 e. The molecule has 2 aromatic carbocycles. The third kappa shape index (κ3) is 6.41. The molecule has 3 aromatic rings. The Labute approximate surface area is 260 Å². The summed E-state index contributed by atoms with van der Waals surface area (Å²) in [7, 11) is 0. The molecule has 0 unspecified atom stereocenters. The molecule has 0 saturated carbocycles. The summed E-state index contributed by atoms with van der Waals surface area (Å²) in [6, 6.07) is 10.0. The Hall–Kier alpha value is -2.23. The van der Waals surface area contributed by atoms with E-state index in [9.17, 15) is 14.4 Å². The fraction of sp³-hybridized carbons (Fsp3) is 0.259. The molecule has 8 nitrogen and oxygen atoms in total. The second-order valence-electron chi connectivity index (χ2n) is 8.22. The van der Waals surface area contributed by atoms with E-state index >= 15 is 0 Å². The van der Waals surface area contributed by atoms with Gasteiger partial charge < -0.3 is 14.2 Å². The molecule has 12 heteroatoms. The van der Waals surface area contributed by atoms with Crippen LogP contribution in [-0.4, -0.2) is 36.3 Å². The molecule has 4 rings (SSSR count). The van der Waals surface area contributed by atoms with Crippen molar-refractivity contribution in [3.8, 4) is 5.75 Å². The molecule has 0 aliphatic carbocycles. The summed E-state index contributed by atoms with van der Waals surface area (Å²) >= 11 is 12.1. The third-order valence-electron chi connectivity index (χ3n) is 5.68. The molecule has 1 aliphatic rings. The lowest BCUT2D eigenvalue weighted by atomic mass is 9.96. The zero-order chi connectivity index (χ0) is 28.3. The molecule has 2 heterocycles. The van der Waals surface area contributed by atoms with Crippen molar-refractivity contribution in [3.63, 3.8) is 0 Å². The molecule has 0 bridgehead atoms. The summed E-state index contributed by atoms with van der Waals surface area (Å²) < 4.78 is 19.7. The van der Waals surface area contributed by atoms with Crippen LogP contribution in [0.3, 0.4) is 0 Å². The van der Waals surface area contributed by atoms with E-state index in [-0.39, 0.29) is 31.0 Å². The van der Waals surface area contributed by atoms with Gasteiger partial charge in [0.05, 0.1) is 32.6 Å². The fourth-order valence-corrected chi connectivity index (χ4v) is 7.42. The summed E-state index contributed by atoms with van der Waals surface area (Å²) in [5.74, 6) is -0.584. The number of esters is 2. The van der Waals surface area contributed by atoms with Gasteiger partial charge in [-0.1, -0.05) is 41.1 Å². The average molecular weight is 793 g/mol. The molecule has 0 N–H and O–H groups in total. The highest BCUT2D eigenvalue weighted by Crippen LogP contribution is 2.34. The van der Waals surface area contributed by atoms with Gasteiger partial charge in [0, 0.05) is 14.2 Å². The summed E-state index contributed by atoms with van der Waals surface area (Å²) in [5.41, 5.74) is 1.57. The summed E-state index contributed by atoms with van der Waals surface area (Å²) in [5, 5.41) is 0.412. The van der Waals surface area contributed by atoms with Crippen LogP contribution in [0, 0.1) is 7.14 Å². The molecule has 0 fully saturated rings. The zero-order valence-electron chi connectivity index (χ0n) is 21.1. The van der Waals surface area contributed by atoms with Crippen molar-refractivity contribution in [2.75, 3.05) is 19.8 Å². The lowest BCUT2D eigenvalue weighted by Crippen LogP contribution is -2.40. The highest BCUT2D eigenvalue weighted by Gasteiger charge is 2.34. The van der Waals surface area contributed by atoms with Crippen LogP contribution < -0.4 is 19.6 Å². The number of aromatic nitrogens is 1. The number of nitrogens with zero attached hydrogens (tertiary/aromatic N) is 2. The number of allylic oxidation sites excluding steroid dienone is 1. The molecule has 1 atom stereocenters. The van der Waals surface area contributed by atoms with Gasteiger partial charge in [-0.15, -0.1) is 0 Å². The Morgan fingerprint density at radius 3 is 2.56 bits per heavy atom. The maximum Gasteiger partial charge on any atom is 0.344 e. The minimum Gasteiger partial charge on any atom is -0.480 e. The maximum atomic E-state index is 13.9. The second-order valence-corrected chi connectivity index (χ2v) is 12.0. The van der Waals surface area contributed by atoms with Crippen molar-refractivity contribution in [2.45, 2.75) is 26.8 Å². The lowest BCUT2D eigenvalue weighted by Gasteiger charge is -2.25. The molecule has 1 aliphatic heterocycles. The first-order valence-electron chi connectivity index (χ1n) is 11.9. The minimum absolute atomic E-state index is 0.176. The topological polar surface area (TPSA) is 96.2 Å². The Morgan fingerprint density at radius 2 is 1.87 bits per heavy atom. The van der Waals surface area contributed by atoms with Crippen LogP contribution in [0.25, 0.3) is 6.08 Å². The number of thiazole rings is 1. The number of carbonyl (C=O) groups excluding carboxylic acids is 2. The second kappa shape index (κ2) is 13.0. The molecular weight excluding hydrogens is 770 g/mol. The fourth-order valence-electron chi connectivity index (χ4n) is 4.10. The van der Waals surface area contributed by atoms with E-state index in [1.165, 1.54) is 15.9 Å². The van der Waals surface area contributed by atoms with Gasteiger partial charge in [0.25, 0.3) is 5.56 Å². The van der Waals surface area contributed by atoms with Crippen LogP contribution in [0.5, 0.6) is 5.75 Å². The molecule has 1 aromatic heterocycles.